The maximum atomic E-state index is 14.3. The third-order valence-corrected chi connectivity index (χ3v) is 4.58. The van der Waals surface area contributed by atoms with Crippen molar-refractivity contribution in [1.29, 1.82) is 0 Å². The fraction of sp³-hybridized carbons (Fsp3) is 0.150. The van der Waals surface area contributed by atoms with Crippen LogP contribution in [0.3, 0.4) is 0 Å². The Morgan fingerprint density at radius 3 is 2.67 bits per heavy atom. The first kappa shape index (κ1) is 19.4. The molecule has 1 aliphatic rings. The Labute approximate surface area is 169 Å². The molecule has 10 heteroatoms. The highest BCUT2D eigenvalue weighted by molar-refractivity contribution is 6.05. The van der Waals surface area contributed by atoms with E-state index in [9.17, 15) is 23.5 Å². The van der Waals surface area contributed by atoms with E-state index in [0.717, 1.165) is 16.9 Å². The quantitative estimate of drug-likeness (QED) is 0.612. The van der Waals surface area contributed by atoms with E-state index in [1.54, 1.807) is 6.07 Å². The van der Waals surface area contributed by atoms with Gasteiger partial charge in [-0.3, -0.25) is 9.69 Å². The van der Waals surface area contributed by atoms with Gasteiger partial charge >= 0.3 is 6.03 Å². The molecule has 0 saturated carbocycles. The van der Waals surface area contributed by atoms with E-state index in [0.29, 0.717) is 19.5 Å². The number of nitrogens with zero attached hydrogens (tertiary/aromatic N) is 3. The summed E-state index contributed by atoms with van der Waals surface area (Å²) < 4.78 is 29.2. The second-order valence-electron chi connectivity index (χ2n) is 6.62. The van der Waals surface area contributed by atoms with Crippen LogP contribution in [0, 0.1) is 11.6 Å². The standard InChI is InChI=1S/C20H17F2N5O3/c21-13-4-1-2-5-15(13)27-11-17(28)18(25-27)19(29)24-12-6-7-14(22)16(10-12)26-9-3-8-23-20(26)30/h1-2,4-7,10-11,28H,3,8-9H2,(H,23,30)(H,24,29). The van der Waals surface area contributed by atoms with Crippen molar-refractivity contribution in [3.05, 3.63) is 66.0 Å². The van der Waals surface area contributed by atoms with Crippen molar-refractivity contribution in [3.8, 4) is 11.4 Å². The summed E-state index contributed by atoms with van der Waals surface area (Å²) in [5.41, 5.74) is -0.0485. The Kier molecular flexibility index (Phi) is 5.05. The van der Waals surface area contributed by atoms with Crippen molar-refractivity contribution in [2.24, 2.45) is 0 Å². The third kappa shape index (κ3) is 3.66. The van der Waals surface area contributed by atoms with Gasteiger partial charge in [0.25, 0.3) is 5.91 Å². The van der Waals surface area contributed by atoms with Gasteiger partial charge in [0.15, 0.2) is 11.4 Å². The highest BCUT2D eigenvalue weighted by Crippen LogP contribution is 2.26. The number of hydrogen-bond donors (Lipinski definition) is 3. The summed E-state index contributed by atoms with van der Waals surface area (Å²) in [6, 6.07) is 9.11. The fourth-order valence-electron chi connectivity index (χ4n) is 3.13. The van der Waals surface area contributed by atoms with Crippen LogP contribution >= 0.6 is 0 Å². The number of nitrogens with one attached hydrogen (secondary N) is 2. The number of aromatic nitrogens is 2. The zero-order valence-electron chi connectivity index (χ0n) is 15.6. The van der Waals surface area contributed by atoms with E-state index < -0.39 is 29.3 Å². The summed E-state index contributed by atoms with van der Waals surface area (Å²) in [5, 5.41) is 19.2. The van der Waals surface area contributed by atoms with E-state index in [2.05, 4.69) is 15.7 Å². The number of anilines is 2. The minimum absolute atomic E-state index is 0.0195. The number of hydrogen-bond acceptors (Lipinski definition) is 4. The summed E-state index contributed by atoms with van der Waals surface area (Å²) in [6.07, 6.45) is 1.77. The second-order valence-corrected chi connectivity index (χ2v) is 6.62. The van der Waals surface area contributed by atoms with Gasteiger partial charge in [-0.05, 0) is 36.8 Å². The number of carbonyl (C=O) groups excluding carboxylic acids is 2. The third-order valence-electron chi connectivity index (χ3n) is 4.58. The lowest BCUT2D eigenvalue weighted by Crippen LogP contribution is -2.46. The van der Waals surface area contributed by atoms with E-state index in [1.807, 2.05) is 0 Å². The van der Waals surface area contributed by atoms with Crippen molar-refractivity contribution in [2.45, 2.75) is 6.42 Å². The van der Waals surface area contributed by atoms with E-state index in [-0.39, 0.29) is 22.8 Å². The predicted molar refractivity (Wildman–Crippen MR) is 105 cm³/mol. The van der Waals surface area contributed by atoms with Crippen LogP contribution in [0.1, 0.15) is 16.9 Å². The van der Waals surface area contributed by atoms with Gasteiger partial charge < -0.3 is 15.7 Å². The van der Waals surface area contributed by atoms with Crippen LogP contribution in [-0.2, 0) is 0 Å². The van der Waals surface area contributed by atoms with Crippen LogP contribution in [0.25, 0.3) is 5.69 Å². The highest BCUT2D eigenvalue weighted by atomic mass is 19.1. The van der Waals surface area contributed by atoms with Gasteiger partial charge in [0, 0.05) is 18.8 Å². The molecular formula is C20H17F2N5O3. The zero-order valence-corrected chi connectivity index (χ0v) is 15.6. The molecule has 1 saturated heterocycles. The molecule has 0 aliphatic carbocycles. The molecule has 0 unspecified atom stereocenters. The lowest BCUT2D eigenvalue weighted by Gasteiger charge is -2.28. The molecule has 1 aliphatic heterocycles. The number of urea groups is 1. The maximum absolute atomic E-state index is 14.3. The molecule has 0 radical (unpaired) electrons. The van der Waals surface area contributed by atoms with Gasteiger partial charge in [-0.15, -0.1) is 0 Å². The van der Waals surface area contributed by atoms with Gasteiger partial charge in [0.2, 0.25) is 0 Å². The van der Waals surface area contributed by atoms with Crippen LogP contribution in [0.15, 0.2) is 48.7 Å². The average Bonchev–Trinajstić information content (AvgIpc) is 3.12. The Bertz CT molecular complexity index is 1130. The predicted octanol–water partition coefficient (Wildman–Crippen LogP) is 3.03. The Balaban J connectivity index is 1.58. The average molecular weight is 413 g/mol. The molecule has 0 spiro atoms. The number of benzene rings is 2. The molecule has 30 heavy (non-hydrogen) atoms. The number of para-hydroxylation sites is 1. The number of rotatable bonds is 4. The molecule has 0 atom stereocenters. The molecule has 3 amide bonds. The lowest BCUT2D eigenvalue weighted by molar-refractivity contribution is 0.101. The van der Waals surface area contributed by atoms with Crippen LogP contribution in [-0.4, -0.2) is 39.9 Å². The maximum Gasteiger partial charge on any atom is 0.321 e. The summed E-state index contributed by atoms with van der Waals surface area (Å²) in [7, 11) is 0. The summed E-state index contributed by atoms with van der Waals surface area (Å²) in [5.74, 6) is -2.41. The first-order valence-electron chi connectivity index (χ1n) is 9.14. The minimum Gasteiger partial charge on any atom is -0.504 e. The number of amides is 3. The van der Waals surface area contributed by atoms with Crippen LogP contribution in [0.2, 0.25) is 0 Å². The number of halogens is 2. The first-order chi connectivity index (χ1) is 14.4. The van der Waals surface area contributed by atoms with Gasteiger partial charge in [-0.1, -0.05) is 12.1 Å². The molecule has 1 aromatic heterocycles. The van der Waals surface area contributed by atoms with Gasteiger partial charge in [0.05, 0.1) is 11.9 Å². The van der Waals surface area contributed by atoms with Gasteiger partial charge in [0.1, 0.15) is 17.3 Å². The largest absolute Gasteiger partial charge is 0.504 e. The lowest BCUT2D eigenvalue weighted by atomic mass is 10.2. The number of aromatic hydroxyl groups is 1. The van der Waals surface area contributed by atoms with E-state index in [1.165, 1.54) is 35.2 Å². The summed E-state index contributed by atoms with van der Waals surface area (Å²) >= 11 is 0. The molecule has 1 fully saturated rings. The number of carbonyl (C=O) groups is 2. The second kappa shape index (κ2) is 7.82. The van der Waals surface area contributed by atoms with Gasteiger partial charge in [-0.2, -0.15) is 5.10 Å². The normalized spacial score (nSPS) is 13.8. The summed E-state index contributed by atoms with van der Waals surface area (Å²) in [4.78, 5) is 25.8. The molecule has 0 bridgehead atoms. The first-order valence-corrected chi connectivity index (χ1v) is 9.14. The van der Waals surface area contributed by atoms with E-state index >= 15 is 0 Å². The molecule has 3 aromatic rings. The Hall–Kier alpha value is -3.95. The fourth-order valence-corrected chi connectivity index (χ4v) is 3.13. The summed E-state index contributed by atoms with van der Waals surface area (Å²) in [6.45, 7) is 0.852. The smallest absolute Gasteiger partial charge is 0.321 e. The molecule has 154 valence electrons. The molecule has 3 N–H and O–H groups in total. The van der Waals surface area contributed by atoms with Crippen molar-refractivity contribution >= 4 is 23.3 Å². The molecule has 2 heterocycles. The monoisotopic (exact) mass is 413 g/mol. The van der Waals surface area contributed by atoms with Crippen LogP contribution in [0.5, 0.6) is 5.75 Å². The van der Waals surface area contributed by atoms with Crippen molar-refractivity contribution in [1.82, 2.24) is 15.1 Å². The minimum atomic E-state index is -0.775. The van der Waals surface area contributed by atoms with Crippen LogP contribution < -0.4 is 15.5 Å². The van der Waals surface area contributed by atoms with E-state index in [4.69, 9.17) is 0 Å². The SMILES string of the molecule is O=C(Nc1ccc(F)c(N2CCCNC2=O)c1)c1nn(-c2ccccc2F)cc1O. The highest BCUT2D eigenvalue weighted by Gasteiger charge is 2.23. The molecule has 8 nitrogen and oxygen atoms in total. The molecular weight excluding hydrogens is 396 g/mol. The van der Waals surface area contributed by atoms with Gasteiger partial charge in [-0.25, -0.2) is 18.3 Å². The van der Waals surface area contributed by atoms with Crippen molar-refractivity contribution in [3.63, 3.8) is 0 Å². The van der Waals surface area contributed by atoms with Crippen molar-refractivity contribution < 1.29 is 23.5 Å². The van der Waals surface area contributed by atoms with Crippen LogP contribution in [0.4, 0.5) is 25.0 Å². The molecule has 4 rings (SSSR count). The zero-order chi connectivity index (χ0) is 21.3. The Morgan fingerprint density at radius 2 is 1.90 bits per heavy atom. The van der Waals surface area contributed by atoms with Crippen molar-refractivity contribution in [2.75, 3.05) is 23.3 Å². The molecule has 2 aromatic carbocycles. The topological polar surface area (TPSA) is 99.5 Å². The Morgan fingerprint density at radius 1 is 1.13 bits per heavy atom.